The first-order chi connectivity index (χ1) is 9.21. The third-order valence-electron chi connectivity index (χ3n) is 3.34. The number of methoxy groups -OCH3 is 1. The summed E-state index contributed by atoms with van der Waals surface area (Å²) in [7, 11) is 1.55. The summed E-state index contributed by atoms with van der Waals surface area (Å²) in [4.78, 5) is 11.3. The van der Waals surface area contributed by atoms with Crippen LogP contribution in [0.3, 0.4) is 0 Å². The van der Waals surface area contributed by atoms with Gasteiger partial charge in [0, 0.05) is 25.5 Å². The van der Waals surface area contributed by atoms with E-state index in [1.54, 1.807) is 25.3 Å². The number of aromatic hydroxyl groups is 1. The second-order valence-electron chi connectivity index (χ2n) is 4.46. The number of hydrogen-bond acceptors (Lipinski definition) is 5. The Morgan fingerprint density at radius 3 is 2.63 bits per heavy atom. The van der Waals surface area contributed by atoms with Gasteiger partial charge in [-0.3, -0.25) is 0 Å². The molecule has 1 aliphatic heterocycles. The monoisotopic (exact) mass is 266 g/mol. The summed E-state index contributed by atoms with van der Waals surface area (Å²) in [5.74, 6) is -0.788. The number of carbonyl (C=O) groups excluding carboxylic acids is 1. The Morgan fingerprint density at radius 2 is 2.05 bits per heavy atom. The Bertz CT molecular complexity index is 426. The predicted molar refractivity (Wildman–Crippen MR) is 67.8 cm³/mol. The maximum Gasteiger partial charge on any atom is 0.173 e. The van der Waals surface area contributed by atoms with E-state index < -0.39 is 11.9 Å². The first-order valence-electron chi connectivity index (χ1n) is 6.25. The van der Waals surface area contributed by atoms with Crippen LogP contribution in [0.5, 0.6) is 5.75 Å². The largest absolute Gasteiger partial charge is 0.508 e. The Morgan fingerprint density at radius 1 is 1.37 bits per heavy atom. The fourth-order valence-electron chi connectivity index (χ4n) is 2.18. The second kappa shape index (κ2) is 6.14. The molecule has 0 aliphatic carbocycles. The highest BCUT2D eigenvalue weighted by molar-refractivity contribution is 5.62. The van der Waals surface area contributed by atoms with E-state index in [9.17, 15) is 9.90 Å². The first-order valence-corrected chi connectivity index (χ1v) is 6.25. The highest BCUT2D eigenvalue weighted by atomic mass is 16.7. The molecule has 1 unspecified atom stereocenters. The van der Waals surface area contributed by atoms with Crippen LogP contribution in [-0.2, 0) is 19.0 Å². The molecule has 1 atom stereocenters. The predicted octanol–water partition coefficient (Wildman–Crippen LogP) is 1.80. The van der Waals surface area contributed by atoms with Crippen LogP contribution in [-0.4, -0.2) is 37.5 Å². The Hall–Kier alpha value is -1.43. The van der Waals surface area contributed by atoms with Gasteiger partial charge in [0.25, 0.3) is 0 Å². The molecule has 0 spiro atoms. The Labute approximate surface area is 112 Å². The highest BCUT2D eigenvalue weighted by Crippen LogP contribution is 2.34. The van der Waals surface area contributed by atoms with Gasteiger partial charge < -0.3 is 24.1 Å². The molecule has 104 valence electrons. The zero-order chi connectivity index (χ0) is 13.7. The van der Waals surface area contributed by atoms with E-state index in [1.807, 2.05) is 0 Å². The van der Waals surface area contributed by atoms with Crippen molar-refractivity contribution < 1.29 is 24.1 Å². The van der Waals surface area contributed by atoms with Crippen molar-refractivity contribution in [3.8, 4) is 5.75 Å². The zero-order valence-electron chi connectivity index (χ0n) is 10.9. The van der Waals surface area contributed by atoms with Crippen LogP contribution in [0.1, 0.15) is 24.5 Å². The lowest BCUT2D eigenvalue weighted by Crippen LogP contribution is -2.42. The van der Waals surface area contributed by atoms with Gasteiger partial charge in [-0.15, -0.1) is 0 Å². The van der Waals surface area contributed by atoms with E-state index in [4.69, 9.17) is 14.2 Å². The van der Waals surface area contributed by atoms with Gasteiger partial charge >= 0.3 is 0 Å². The van der Waals surface area contributed by atoms with Crippen LogP contribution in [0.4, 0.5) is 0 Å². The molecule has 0 aromatic heterocycles. The minimum atomic E-state index is -0.848. The van der Waals surface area contributed by atoms with Crippen molar-refractivity contribution in [3.05, 3.63) is 29.8 Å². The van der Waals surface area contributed by atoms with E-state index in [1.165, 1.54) is 6.07 Å². The number of phenols is 1. The van der Waals surface area contributed by atoms with E-state index in [-0.39, 0.29) is 5.75 Å². The van der Waals surface area contributed by atoms with Crippen molar-refractivity contribution >= 4 is 6.29 Å². The van der Waals surface area contributed by atoms with Crippen LogP contribution in [0.25, 0.3) is 0 Å². The Balaban J connectivity index is 2.18. The molecule has 0 saturated carbocycles. The van der Waals surface area contributed by atoms with Gasteiger partial charge in [-0.2, -0.15) is 0 Å². The molecule has 5 nitrogen and oxygen atoms in total. The second-order valence-corrected chi connectivity index (χ2v) is 4.46. The van der Waals surface area contributed by atoms with Gasteiger partial charge in [0.2, 0.25) is 0 Å². The molecule has 1 fully saturated rings. The maximum absolute atomic E-state index is 11.3. The number of phenolic OH excluding ortho intramolecular Hbond substituents is 1. The number of hydrogen-bond donors (Lipinski definition) is 1. The van der Waals surface area contributed by atoms with Crippen molar-refractivity contribution in [3.63, 3.8) is 0 Å². The number of carbonyl (C=O) groups is 1. The van der Waals surface area contributed by atoms with Crippen LogP contribution in [0.15, 0.2) is 24.3 Å². The lowest BCUT2D eigenvalue weighted by atomic mass is 10.1. The van der Waals surface area contributed by atoms with Gasteiger partial charge in [-0.1, -0.05) is 18.2 Å². The molecular weight excluding hydrogens is 248 g/mol. The standard InChI is InChI=1S/C14H18O5/c1-17-14(6-8-18-9-7-14)19-13(10-15)11-4-2-3-5-12(11)16/h2-5,10,13,16H,6-9H2,1H3. The van der Waals surface area contributed by atoms with E-state index >= 15 is 0 Å². The molecule has 0 amide bonds. The average molecular weight is 266 g/mol. The smallest absolute Gasteiger partial charge is 0.173 e. The van der Waals surface area contributed by atoms with Crippen LogP contribution < -0.4 is 0 Å². The summed E-state index contributed by atoms with van der Waals surface area (Å²) in [5.41, 5.74) is 0.445. The van der Waals surface area contributed by atoms with Gasteiger partial charge in [-0.25, -0.2) is 0 Å². The molecule has 1 aromatic rings. The third-order valence-corrected chi connectivity index (χ3v) is 3.34. The zero-order valence-corrected chi connectivity index (χ0v) is 10.9. The van der Waals surface area contributed by atoms with E-state index in [2.05, 4.69) is 0 Å². The first kappa shape index (κ1) is 14.0. The summed E-state index contributed by atoms with van der Waals surface area (Å²) < 4.78 is 16.5. The molecule has 1 N–H and O–H groups in total. The molecule has 19 heavy (non-hydrogen) atoms. The molecule has 0 bridgehead atoms. The lowest BCUT2D eigenvalue weighted by Gasteiger charge is -2.37. The lowest BCUT2D eigenvalue weighted by molar-refractivity contribution is -0.271. The van der Waals surface area contributed by atoms with Crippen molar-refractivity contribution in [1.82, 2.24) is 0 Å². The van der Waals surface area contributed by atoms with Crippen LogP contribution in [0.2, 0.25) is 0 Å². The van der Waals surface area contributed by atoms with Gasteiger partial charge in [-0.05, 0) is 6.07 Å². The molecule has 5 heteroatoms. The van der Waals surface area contributed by atoms with Gasteiger partial charge in [0.1, 0.15) is 11.9 Å². The van der Waals surface area contributed by atoms with Gasteiger partial charge in [0.05, 0.1) is 13.2 Å². The van der Waals surface area contributed by atoms with Crippen molar-refractivity contribution in [2.75, 3.05) is 20.3 Å². The summed E-state index contributed by atoms with van der Waals surface area (Å²) in [6.07, 6.45) is 0.938. The summed E-state index contributed by atoms with van der Waals surface area (Å²) >= 11 is 0. The molecule has 1 saturated heterocycles. The summed E-state index contributed by atoms with van der Waals surface area (Å²) in [6, 6.07) is 6.63. The molecule has 1 heterocycles. The van der Waals surface area contributed by atoms with E-state index in [0.717, 1.165) is 0 Å². The number of benzene rings is 1. The van der Waals surface area contributed by atoms with Crippen molar-refractivity contribution in [1.29, 1.82) is 0 Å². The topological polar surface area (TPSA) is 65.0 Å². The summed E-state index contributed by atoms with van der Waals surface area (Å²) in [6.45, 7) is 1.06. The van der Waals surface area contributed by atoms with Crippen LogP contribution >= 0.6 is 0 Å². The third kappa shape index (κ3) is 3.12. The number of ether oxygens (including phenoxy) is 3. The molecular formula is C14H18O5. The fraction of sp³-hybridized carbons (Fsp3) is 0.500. The SMILES string of the molecule is COC1(OC(C=O)c2ccccc2O)CCOCC1. The van der Waals surface area contributed by atoms with Crippen molar-refractivity contribution in [2.45, 2.75) is 24.7 Å². The van der Waals surface area contributed by atoms with Crippen molar-refractivity contribution in [2.24, 2.45) is 0 Å². The Kier molecular flexibility index (Phi) is 4.52. The quantitative estimate of drug-likeness (QED) is 0.650. The molecule has 1 aromatic carbocycles. The molecule has 0 radical (unpaired) electrons. The minimum Gasteiger partial charge on any atom is -0.508 e. The maximum atomic E-state index is 11.3. The number of para-hydroxylation sites is 1. The van der Waals surface area contributed by atoms with Crippen LogP contribution in [0, 0.1) is 0 Å². The number of aldehydes is 1. The molecule has 2 rings (SSSR count). The summed E-state index contributed by atoms with van der Waals surface area (Å²) in [5, 5.41) is 9.79. The number of rotatable bonds is 5. The average Bonchev–Trinajstić information content (AvgIpc) is 2.47. The normalized spacial score (nSPS) is 19.8. The highest BCUT2D eigenvalue weighted by Gasteiger charge is 2.37. The molecule has 1 aliphatic rings. The van der Waals surface area contributed by atoms with Gasteiger partial charge in [0.15, 0.2) is 12.1 Å². The fourth-order valence-corrected chi connectivity index (χ4v) is 2.18. The minimum absolute atomic E-state index is 0.0397. The van der Waals surface area contributed by atoms with E-state index in [0.29, 0.717) is 37.9 Å².